The van der Waals surface area contributed by atoms with E-state index in [0.29, 0.717) is 0 Å². The number of rotatable bonds is 3. The first-order chi connectivity index (χ1) is 9.88. The molecular weight excluding hydrogens is 264 g/mol. The molecule has 1 saturated heterocycles. The van der Waals surface area contributed by atoms with Crippen molar-refractivity contribution in [3.05, 3.63) is 30.3 Å². The van der Waals surface area contributed by atoms with Crippen molar-refractivity contribution in [2.45, 2.75) is 33.6 Å². The van der Waals surface area contributed by atoms with Crippen molar-refractivity contribution in [1.29, 1.82) is 0 Å². The Morgan fingerprint density at radius 3 is 2.52 bits per heavy atom. The lowest BCUT2D eigenvalue weighted by molar-refractivity contribution is -0.167. The van der Waals surface area contributed by atoms with Crippen molar-refractivity contribution in [3.8, 4) is 0 Å². The number of amides is 2. The number of carbonyl (C=O) groups excluding carboxylic acids is 2. The van der Waals surface area contributed by atoms with Gasteiger partial charge >= 0.3 is 0 Å². The first kappa shape index (κ1) is 14.1. The molecule has 1 saturated carbocycles. The van der Waals surface area contributed by atoms with Gasteiger partial charge in [0.25, 0.3) is 0 Å². The molecule has 2 unspecified atom stereocenters. The van der Waals surface area contributed by atoms with E-state index in [1.165, 1.54) is 4.90 Å². The van der Waals surface area contributed by atoms with Gasteiger partial charge in [0.2, 0.25) is 11.8 Å². The normalized spacial score (nSPS) is 30.6. The molecule has 2 atom stereocenters. The summed E-state index contributed by atoms with van der Waals surface area (Å²) in [7, 11) is 0. The van der Waals surface area contributed by atoms with Crippen LogP contribution in [-0.4, -0.2) is 23.4 Å². The quantitative estimate of drug-likeness (QED) is 0.869. The van der Waals surface area contributed by atoms with E-state index < -0.39 is 5.41 Å². The van der Waals surface area contributed by atoms with Crippen molar-refractivity contribution >= 4 is 17.5 Å². The zero-order valence-electron chi connectivity index (χ0n) is 12.8. The summed E-state index contributed by atoms with van der Waals surface area (Å²) >= 11 is 0. The van der Waals surface area contributed by atoms with E-state index in [2.05, 4.69) is 19.2 Å². The fraction of sp³-hybridized carbons (Fsp3) is 0.529. The molecular formula is C17H22N2O2. The minimum atomic E-state index is -0.427. The van der Waals surface area contributed by atoms with Gasteiger partial charge in [-0.25, -0.2) is 0 Å². The molecule has 112 valence electrons. The number of nitrogens with one attached hydrogen (secondary N) is 1. The van der Waals surface area contributed by atoms with Crippen molar-refractivity contribution in [1.82, 2.24) is 4.90 Å². The second-order valence-electron chi connectivity index (χ2n) is 6.92. The largest absolute Gasteiger partial charge is 0.367 e. The number of hydrogen-bond acceptors (Lipinski definition) is 3. The number of piperidine rings is 1. The van der Waals surface area contributed by atoms with Gasteiger partial charge in [-0.1, -0.05) is 39.0 Å². The number of fused-ring (bicyclic) bond motifs is 2. The van der Waals surface area contributed by atoms with Crippen LogP contribution in [0.15, 0.2) is 30.3 Å². The van der Waals surface area contributed by atoms with Gasteiger partial charge in [-0.3, -0.25) is 14.5 Å². The predicted molar refractivity (Wildman–Crippen MR) is 81.4 cm³/mol. The van der Waals surface area contributed by atoms with Gasteiger partial charge in [-0.2, -0.15) is 0 Å². The molecule has 4 heteroatoms. The van der Waals surface area contributed by atoms with Crippen molar-refractivity contribution in [2.75, 3.05) is 12.0 Å². The Morgan fingerprint density at radius 1 is 1.19 bits per heavy atom. The van der Waals surface area contributed by atoms with Crippen LogP contribution >= 0.6 is 0 Å². The summed E-state index contributed by atoms with van der Waals surface area (Å²) in [4.78, 5) is 26.9. The maximum Gasteiger partial charge on any atom is 0.237 e. The summed E-state index contributed by atoms with van der Waals surface area (Å²) in [6.45, 7) is 6.38. The SMILES string of the molecule is CC12CCC(C(=O)N(CNc3ccccc3)C1=O)C2(C)C. The van der Waals surface area contributed by atoms with Crippen LogP contribution in [0.3, 0.4) is 0 Å². The summed E-state index contributed by atoms with van der Waals surface area (Å²) in [6, 6.07) is 9.65. The van der Waals surface area contributed by atoms with Gasteiger partial charge in [0.1, 0.15) is 0 Å². The topological polar surface area (TPSA) is 49.4 Å². The Bertz CT molecular complexity index is 582. The van der Waals surface area contributed by atoms with Crippen LogP contribution in [0.5, 0.6) is 0 Å². The average Bonchev–Trinajstić information content (AvgIpc) is 2.65. The Kier molecular flexibility index (Phi) is 3.08. The maximum absolute atomic E-state index is 12.8. The second kappa shape index (κ2) is 4.58. The van der Waals surface area contributed by atoms with E-state index in [4.69, 9.17) is 0 Å². The molecule has 1 aliphatic carbocycles. The molecule has 21 heavy (non-hydrogen) atoms. The number of carbonyl (C=O) groups is 2. The molecule has 2 aliphatic rings. The van der Waals surface area contributed by atoms with E-state index in [-0.39, 0.29) is 29.8 Å². The molecule has 1 aliphatic heterocycles. The third-order valence-electron chi connectivity index (χ3n) is 5.72. The predicted octanol–water partition coefficient (Wildman–Crippen LogP) is 2.87. The van der Waals surface area contributed by atoms with Crippen LogP contribution in [0.2, 0.25) is 0 Å². The minimum absolute atomic E-state index is 0.0246. The molecule has 1 heterocycles. The molecule has 1 aromatic rings. The van der Waals surface area contributed by atoms with E-state index in [9.17, 15) is 9.59 Å². The van der Waals surface area contributed by atoms with Crippen LogP contribution < -0.4 is 5.32 Å². The van der Waals surface area contributed by atoms with Gasteiger partial charge in [-0.15, -0.1) is 0 Å². The smallest absolute Gasteiger partial charge is 0.237 e. The van der Waals surface area contributed by atoms with E-state index >= 15 is 0 Å². The molecule has 0 aromatic heterocycles. The van der Waals surface area contributed by atoms with E-state index in [0.717, 1.165) is 18.5 Å². The number of imide groups is 1. The molecule has 0 spiro atoms. The van der Waals surface area contributed by atoms with Gasteiger partial charge in [0.05, 0.1) is 12.1 Å². The average molecular weight is 286 g/mol. The third kappa shape index (κ3) is 1.88. The summed E-state index contributed by atoms with van der Waals surface area (Å²) in [6.07, 6.45) is 1.62. The molecule has 1 N–H and O–H groups in total. The van der Waals surface area contributed by atoms with Crippen LogP contribution in [0.4, 0.5) is 5.69 Å². The number of likely N-dealkylation sites (tertiary alicyclic amines) is 1. The highest BCUT2D eigenvalue weighted by Gasteiger charge is 2.64. The highest BCUT2D eigenvalue weighted by Crippen LogP contribution is 2.59. The number of para-hydroxylation sites is 1. The first-order valence-corrected chi connectivity index (χ1v) is 7.53. The molecule has 2 bridgehead atoms. The number of anilines is 1. The molecule has 1 aromatic carbocycles. The highest BCUT2D eigenvalue weighted by molar-refractivity contribution is 6.03. The van der Waals surface area contributed by atoms with Crippen LogP contribution in [0.25, 0.3) is 0 Å². The molecule has 2 fully saturated rings. The van der Waals surface area contributed by atoms with Gasteiger partial charge in [0.15, 0.2) is 0 Å². The van der Waals surface area contributed by atoms with Crippen molar-refractivity contribution in [3.63, 3.8) is 0 Å². The monoisotopic (exact) mass is 286 g/mol. The molecule has 2 amide bonds. The lowest BCUT2D eigenvalue weighted by Gasteiger charge is -2.47. The first-order valence-electron chi connectivity index (χ1n) is 7.53. The zero-order valence-corrected chi connectivity index (χ0v) is 12.8. The number of benzene rings is 1. The Hall–Kier alpha value is -1.84. The summed E-state index contributed by atoms with van der Waals surface area (Å²) in [5.74, 6) is -0.101. The fourth-order valence-corrected chi connectivity index (χ4v) is 3.78. The van der Waals surface area contributed by atoms with E-state index in [1.807, 2.05) is 37.3 Å². The van der Waals surface area contributed by atoms with Gasteiger partial charge in [0, 0.05) is 11.6 Å². The van der Waals surface area contributed by atoms with Gasteiger partial charge in [-0.05, 0) is 30.4 Å². The fourth-order valence-electron chi connectivity index (χ4n) is 3.78. The van der Waals surface area contributed by atoms with Gasteiger partial charge < -0.3 is 5.32 Å². The standard InChI is InChI=1S/C17H22N2O2/c1-16(2)13-9-10-17(16,3)15(21)19(14(13)20)11-18-12-7-5-4-6-8-12/h4-8,13,18H,9-11H2,1-3H3. The molecule has 4 nitrogen and oxygen atoms in total. The Labute approximate surface area is 125 Å². The second-order valence-corrected chi connectivity index (χ2v) is 6.92. The zero-order chi connectivity index (χ0) is 15.3. The van der Waals surface area contributed by atoms with Crippen LogP contribution in [0.1, 0.15) is 33.6 Å². The highest BCUT2D eigenvalue weighted by atomic mass is 16.2. The lowest BCUT2D eigenvalue weighted by atomic mass is 9.62. The van der Waals surface area contributed by atoms with Crippen molar-refractivity contribution < 1.29 is 9.59 Å². The third-order valence-corrected chi connectivity index (χ3v) is 5.72. The minimum Gasteiger partial charge on any atom is -0.367 e. The van der Waals surface area contributed by atoms with Crippen molar-refractivity contribution in [2.24, 2.45) is 16.7 Å². The Balaban J connectivity index is 1.81. The van der Waals surface area contributed by atoms with Crippen LogP contribution in [0, 0.1) is 16.7 Å². The van der Waals surface area contributed by atoms with Crippen LogP contribution in [-0.2, 0) is 9.59 Å². The Morgan fingerprint density at radius 2 is 1.86 bits per heavy atom. The molecule has 0 radical (unpaired) electrons. The maximum atomic E-state index is 12.8. The van der Waals surface area contributed by atoms with E-state index in [1.54, 1.807) is 0 Å². The molecule has 3 rings (SSSR count). The summed E-state index contributed by atoms with van der Waals surface area (Å²) in [5.41, 5.74) is 0.245. The summed E-state index contributed by atoms with van der Waals surface area (Å²) in [5, 5.41) is 3.17. The summed E-state index contributed by atoms with van der Waals surface area (Å²) < 4.78 is 0. The number of hydrogen-bond donors (Lipinski definition) is 1. The number of nitrogens with zero attached hydrogens (tertiary/aromatic N) is 1. The lowest BCUT2D eigenvalue weighted by Crippen LogP contribution is -2.59.